The Morgan fingerprint density at radius 1 is 1.31 bits per heavy atom. The first-order valence-corrected chi connectivity index (χ1v) is 5.88. The van der Waals surface area contributed by atoms with Crippen molar-refractivity contribution in [1.29, 1.82) is 0 Å². The van der Waals surface area contributed by atoms with Crippen LogP contribution in [0.5, 0.6) is 5.75 Å². The van der Waals surface area contributed by atoms with E-state index in [1.54, 1.807) is 18.2 Å². The van der Waals surface area contributed by atoms with Gasteiger partial charge in [-0.1, -0.05) is 18.2 Å². The second-order valence-corrected chi connectivity index (χ2v) is 4.62. The first-order valence-electron chi connectivity index (χ1n) is 4.44. The molecule has 84 valence electrons. The van der Waals surface area contributed by atoms with Gasteiger partial charge in [-0.3, -0.25) is 4.55 Å². The molecule has 1 aliphatic heterocycles. The smallest absolute Gasteiger partial charge is 0.327 e. The van der Waals surface area contributed by atoms with Crippen molar-refractivity contribution in [2.75, 3.05) is 0 Å². The van der Waals surface area contributed by atoms with Crippen LogP contribution in [0.25, 0.3) is 0 Å². The fraction of sp³-hybridized carbons (Fsp3) is 0.100. The summed E-state index contributed by atoms with van der Waals surface area (Å²) in [5.41, 5.74) is 0.574. The molecular weight excluding hydrogens is 232 g/mol. The Bertz CT molecular complexity index is 558. The van der Waals surface area contributed by atoms with E-state index in [0.29, 0.717) is 11.8 Å². The summed E-state index contributed by atoms with van der Waals surface area (Å²) in [6.07, 6.45) is 1.66. The van der Waals surface area contributed by atoms with E-state index in [-0.39, 0.29) is 5.75 Å². The number of carbonyl (C=O) groups excluding carboxylic acids is 1. The Hall–Kier alpha value is -1.66. The van der Waals surface area contributed by atoms with Crippen molar-refractivity contribution in [3.05, 3.63) is 41.0 Å². The third-order valence-electron chi connectivity index (χ3n) is 2.21. The van der Waals surface area contributed by atoms with Crippen LogP contribution < -0.4 is 4.74 Å². The highest BCUT2D eigenvalue weighted by atomic mass is 32.2. The maximum Gasteiger partial charge on any atom is 0.327 e. The second kappa shape index (κ2) is 3.73. The molecule has 1 heterocycles. The van der Waals surface area contributed by atoms with Gasteiger partial charge in [-0.15, -0.1) is 0 Å². The number of allylic oxidation sites excluding steroid dienone is 1. The standard InChI is InChI=1S/C10H8O5S/c11-6-7-5-10(16(12,13)14)15-9-4-2-1-3-8(7)9/h1-7H,(H,12,13,14). The molecule has 1 atom stereocenters. The Kier molecular flexibility index (Phi) is 2.53. The molecule has 0 aliphatic carbocycles. The molecule has 0 bridgehead atoms. The van der Waals surface area contributed by atoms with E-state index in [2.05, 4.69) is 0 Å². The predicted molar refractivity (Wildman–Crippen MR) is 55.5 cm³/mol. The topological polar surface area (TPSA) is 80.7 Å². The molecule has 0 fully saturated rings. The maximum absolute atomic E-state index is 10.9. The fourth-order valence-corrected chi connectivity index (χ4v) is 1.99. The van der Waals surface area contributed by atoms with Crippen LogP contribution in [0.15, 0.2) is 35.4 Å². The van der Waals surface area contributed by atoms with Gasteiger partial charge in [-0.2, -0.15) is 8.42 Å². The van der Waals surface area contributed by atoms with Crippen molar-refractivity contribution in [1.82, 2.24) is 0 Å². The summed E-state index contributed by atoms with van der Waals surface area (Å²) < 4.78 is 35.6. The summed E-state index contributed by atoms with van der Waals surface area (Å²) >= 11 is 0. The van der Waals surface area contributed by atoms with Crippen LogP contribution in [-0.4, -0.2) is 19.3 Å². The average Bonchev–Trinajstić information content (AvgIpc) is 2.26. The molecule has 16 heavy (non-hydrogen) atoms. The minimum atomic E-state index is -4.43. The van der Waals surface area contributed by atoms with E-state index in [0.717, 1.165) is 6.08 Å². The Morgan fingerprint density at radius 2 is 2.00 bits per heavy atom. The molecule has 0 spiro atoms. The SMILES string of the molecule is O=CC1C=C(S(=O)(=O)O)Oc2ccccc21. The van der Waals surface area contributed by atoms with Crippen molar-refractivity contribution >= 4 is 16.4 Å². The first kappa shape index (κ1) is 10.8. The quantitative estimate of drug-likeness (QED) is 0.618. The largest absolute Gasteiger partial charge is 0.443 e. The molecule has 2 rings (SSSR count). The summed E-state index contributed by atoms with van der Waals surface area (Å²) in [5, 5.41) is -0.608. The number of carbonyl (C=O) groups is 1. The van der Waals surface area contributed by atoms with Crippen LogP contribution in [0.2, 0.25) is 0 Å². The second-order valence-electron chi connectivity index (χ2n) is 3.26. The molecule has 6 heteroatoms. The Labute approximate surface area is 92.1 Å². The lowest BCUT2D eigenvalue weighted by Crippen LogP contribution is -2.16. The predicted octanol–water partition coefficient (Wildman–Crippen LogP) is 1.09. The number of rotatable bonds is 2. The van der Waals surface area contributed by atoms with Gasteiger partial charge in [0, 0.05) is 5.56 Å². The van der Waals surface area contributed by atoms with E-state index < -0.39 is 21.1 Å². The summed E-state index contributed by atoms with van der Waals surface area (Å²) in [5.74, 6) is -0.461. The van der Waals surface area contributed by atoms with Gasteiger partial charge in [0.2, 0.25) is 5.09 Å². The van der Waals surface area contributed by atoms with Gasteiger partial charge < -0.3 is 9.53 Å². The zero-order chi connectivity index (χ0) is 11.8. The minimum Gasteiger partial charge on any atom is -0.443 e. The van der Waals surface area contributed by atoms with E-state index in [4.69, 9.17) is 9.29 Å². The zero-order valence-electron chi connectivity index (χ0n) is 8.03. The highest BCUT2D eigenvalue weighted by molar-refractivity contribution is 7.89. The van der Waals surface area contributed by atoms with Gasteiger partial charge in [0.05, 0.1) is 5.92 Å². The lowest BCUT2D eigenvalue weighted by atomic mass is 9.98. The van der Waals surface area contributed by atoms with Crippen LogP contribution in [0, 0.1) is 0 Å². The zero-order valence-corrected chi connectivity index (χ0v) is 8.85. The average molecular weight is 240 g/mol. The van der Waals surface area contributed by atoms with Crippen LogP contribution in [0.3, 0.4) is 0 Å². The van der Waals surface area contributed by atoms with E-state index >= 15 is 0 Å². The van der Waals surface area contributed by atoms with E-state index in [9.17, 15) is 13.2 Å². The van der Waals surface area contributed by atoms with Gasteiger partial charge in [0.25, 0.3) is 0 Å². The van der Waals surface area contributed by atoms with Gasteiger partial charge in [0.1, 0.15) is 12.0 Å². The number of para-hydroxylation sites is 1. The van der Waals surface area contributed by atoms with Gasteiger partial charge in [-0.25, -0.2) is 0 Å². The number of hydrogen-bond donors (Lipinski definition) is 1. The third-order valence-corrected chi connectivity index (χ3v) is 2.93. The van der Waals surface area contributed by atoms with E-state index in [1.165, 1.54) is 6.07 Å². The van der Waals surface area contributed by atoms with Crippen molar-refractivity contribution < 1.29 is 22.5 Å². The van der Waals surface area contributed by atoms with Crippen LogP contribution >= 0.6 is 0 Å². The van der Waals surface area contributed by atoms with Crippen molar-refractivity contribution in [2.45, 2.75) is 5.92 Å². The van der Waals surface area contributed by atoms with Gasteiger partial charge in [-0.05, 0) is 12.1 Å². The highest BCUT2D eigenvalue weighted by Crippen LogP contribution is 2.34. The molecular formula is C10H8O5S. The fourth-order valence-electron chi connectivity index (χ4n) is 1.48. The molecule has 1 N–H and O–H groups in total. The van der Waals surface area contributed by atoms with Crippen LogP contribution in [0.1, 0.15) is 11.5 Å². The molecule has 1 aromatic rings. The van der Waals surface area contributed by atoms with Crippen LogP contribution in [0.4, 0.5) is 0 Å². The molecule has 0 saturated heterocycles. The van der Waals surface area contributed by atoms with Crippen molar-refractivity contribution in [2.24, 2.45) is 0 Å². The maximum atomic E-state index is 10.9. The summed E-state index contributed by atoms with van der Waals surface area (Å²) in [6, 6.07) is 6.55. The molecule has 1 aliphatic rings. The minimum absolute atomic E-state index is 0.259. The van der Waals surface area contributed by atoms with Crippen LogP contribution in [-0.2, 0) is 14.9 Å². The summed E-state index contributed by atoms with van der Waals surface area (Å²) in [7, 11) is -4.43. The lowest BCUT2D eigenvalue weighted by molar-refractivity contribution is -0.108. The number of aldehydes is 1. The molecule has 0 saturated carbocycles. The molecule has 1 unspecified atom stereocenters. The number of hydrogen-bond acceptors (Lipinski definition) is 4. The Morgan fingerprint density at radius 3 is 2.62 bits per heavy atom. The molecule has 0 aromatic heterocycles. The molecule has 1 aromatic carbocycles. The summed E-state index contributed by atoms with van der Waals surface area (Å²) in [4.78, 5) is 10.8. The third kappa shape index (κ3) is 1.84. The first-order chi connectivity index (χ1) is 7.52. The van der Waals surface area contributed by atoms with Gasteiger partial charge in [0.15, 0.2) is 0 Å². The van der Waals surface area contributed by atoms with Gasteiger partial charge >= 0.3 is 10.1 Å². The Balaban J connectivity index is 2.54. The van der Waals surface area contributed by atoms with Crippen molar-refractivity contribution in [3.8, 4) is 5.75 Å². The lowest BCUT2D eigenvalue weighted by Gasteiger charge is -2.19. The molecule has 0 radical (unpaired) electrons. The number of benzene rings is 1. The normalized spacial score (nSPS) is 19.3. The molecule has 5 nitrogen and oxygen atoms in total. The highest BCUT2D eigenvalue weighted by Gasteiger charge is 2.27. The summed E-state index contributed by atoms with van der Waals surface area (Å²) in [6.45, 7) is 0. The number of ether oxygens (including phenoxy) is 1. The van der Waals surface area contributed by atoms with E-state index in [1.807, 2.05) is 0 Å². The molecule has 0 amide bonds. The number of fused-ring (bicyclic) bond motifs is 1. The van der Waals surface area contributed by atoms with Crippen molar-refractivity contribution in [3.63, 3.8) is 0 Å². The monoisotopic (exact) mass is 240 g/mol.